The fourth-order valence-electron chi connectivity index (χ4n) is 2.02. The smallest absolute Gasteiger partial charge is 0.266 e. The summed E-state index contributed by atoms with van der Waals surface area (Å²) >= 11 is 7.48. The Kier molecular flexibility index (Phi) is 5.02. The minimum Gasteiger partial charge on any atom is -0.508 e. The molecule has 0 saturated carbocycles. The van der Waals surface area contributed by atoms with E-state index in [-0.39, 0.29) is 27.3 Å². The predicted octanol–water partition coefficient (Wildman–Crippen LogP) is 2.39. The molecule has 2 aromatic rings. The fourth-order valence-corrected chi connectivity index (χ4v) is 3.81. The van der Waals surface area contributed by atoms with Gasteiger partial charge >= 0.3 is 0 Å². The molecule has 1 aliphatic rings. The summed E-state index contributed by atoms with van der Waals surface area (Å²) in [5.41, 5.74) is 0.366. The van der Waals surface area contributed by atoms with Crippen LogP contribution in [-0.2, 0) is 9.59 Å². The maximum atomic E-state index is 12.5. The van der Waals surface area contributed by atoms with Crippen LogP contribution in [0.4, 0.5) is 5.13 Å². The Morgan fingerprint density at radius 3 is 2.88 bits per heavy atom. The monoisotopic (exact) mass is 393 g/mol. The molecule has 1 saturated heterocycles. The normalized spacial score (nSPS) is 15.8. The number of nitrogens with one attached hydrogen (secondary N) is 1. The van der Waals surface area contributed by atoms with Gasteiger partial charge in [0.1, 0.15) is 22.4 Å². The van der Waals surface area contributed by atoms with E-state index in [9.17, 15) is 19.8 Å². The number of anilines is 1. The largest absolute Gasteiger partial charge is 0.508 e. The van der Waals surface area contributed by atoms with Crippen molar-refractivity contribution in [1.82, 2.24) is 9.88 Å². The molecule has 2 heterocycles. The number of aromatic nitrogens is 1. The number of hydrogen-bond acceptors (Lipinski definition) is 8. The number of aromatic hydroxyl groups is 2. The molecule has 0 atom stereocenters. The van der Waals surface area contributed by atoms with Crippen LogP contribution in [-0.4, -0.2) is 42.8 Å². The van der Waals surface area contributed by atoms with Gasteiger partial charge in [0.2, 0.25) is 5.91 Å². The number of phenols is 2. The minimum absolute atomic E-state index is 0.0824. The Labute approximate surface area is 156 Å². The zero-order valence-corrected chi connectivity index (χ0v) is 15.0. The Morgan fingerprint density at radius 1 is 1.40 bits per heavy atom. The van der Waals surface area contributed by atoms with Crippen molar-refractivity contribution in [3.05, 3.63) is 40.2 Å². The second-order valence-corrected chi connectivity index (χ2v) is 7.47. The van der Waals surface area contributed by atoms with Gasteiger partial charge in [0.25, 0.3) is 5.91 Å². The number of phenolic OH excluding ortho intramolecular Hbond substituents is 2. The van der Waals surface area contributed by atoms with Crippen LogP contribution < -0.4 is 5.32 Å². The lowest BCUT2D eigenvalue weighted by Gasteiger charge is -2.13. The van der Waals surface area contributed by atoms with Crippen LogP contribution >= 0.6 is 35.3 Å². The molecule has 0 spiro atoms. The van der Waals surface area contributed by atoms with E-state index in [1.165, 1.54) is 40.5 Å². The summed E-state index contributed by atoms with van der Waals surface area (Å²) < 4.78 is 0.254. The summed E-state index contributed by atoms with van der Waals surface area (Å²) in [7, 11) is 0. The zero-order valence-electron chi connectivity index (χ0n) is 12.5. The number of hydrogen-bond donors (Lipinski definition) is 3. The Hall–Kier alpha value is -2.43. The molecule has 3 rings (SSSR count). The van der Waals surface area contributed by atoms with E-state index in [1.54, 1.807) is 11.6 Å². The molecule has 0 unspecified atom stereocenters. The molecule has 25 heavy (non-hydrogen) atoms. The number of thiazole rings is 1. The van der Waals surface area contributed by atoms with Crippen LogP contribution in [0.2, 0.25) is 0 Å². The number of benzene rings is 1. The molecule has 1 fully saturated rings. The van der Waals surface area contributed by atoms with Crippen molar-refractivity contribution in [1.29, 1.82) is 0 Å². The van der Waals surface area contributed by atoms with Crippen LogP contribution in [0.1, 0.15) is 5.56 Å². The molecule has 0 bridgehead atoms. The average molecular weight is 393 g/mol. The topological polar surface area (TPSA) is 103 Å². The highest BCUT2D eigenvalue weighted by molar-refractivity contribution is 8.26. The van der Waals surface area contributed by atoms with Gasteiger partial charge < -0.3 is 15.5 Å². The first-order valence-electron chi connectivity index (χ1n) is 6.91. The first-order valence-corrected chi connectivity index (χ1v) is 9.01. The van der Waals surface area contributed by atoms with Crippen molar-refractivity contribution in [2.45, 2.75) is 0 Å². The number of thioether (sulfide) groups is 1. The molecule has 7 nitrogen and oxygen atoms in total. The third kappa shape index (κ3) is 3.98. The molecule has 1 aromatic heterocycles. The molecule has 2 amide bonds. The second kappa shape index (κ2) is 7.21. The van der Waals surface area contributed by atoms with Crippen molar-refractivity contribution in [2.24, 2.45) is 0 Å². The van der Waals surface area contributed by atoms with Gasteiger partial charge in [-0.3, -0.25) is 14.5 Å². The van der Waals surface area contributed by atoms with Gasteiger partial charge in [-0.25, -0.2) is 4.98 Å². The molecule has 0 aliphatic carbocycles. The number of carbonyl (C=O) groups excluding carboxylic acids is 2. The van der Waals surface area contributed by atoms with Crippen LogP contribution in [0.3, 0.4) is 0 Å². The van der Waals surface area contributed by atoms with E-state index in [0.29, 0.717) is 10.7 Å². The average Bonchev–Trinajstić information content (AvgIpc) is 3.14. The number of nitrogens with zero attached hydrogens (tertiary/aromatic N) is 2. The predicted molar refractivity (Wildman–Crippen MR) is 100 cm³/mol. The van der Waals surface area contributed by atoms with Gasteiger partial charge in [0.05, 0.1) is 4.91 Å². The van der Waals surface area contributed by atoms with Crippen LogP contribution in [0.5, 0.6) is 11.5 Å². The zero-order chi connectivity index (χ0) is 18.0. The van der Waals surface area contributed by atoms with Gasteiger partial charge in [-0.15, -0.1) is 11.3 Å². The van der Waals surface area contributed by atoms with Crippen molar-refractivity contribution < 1.29 is 19.8 Å². The molecular weight excluding hydrogens is 382 g/mol. The highest BCUT2D eigenvalue weighted by Gasteiger charge is 2.33. The lowest BCUT2D eigenvalue weighted by molar-refractivity contribution is -0.126. The summed E-state index contributed by atoms with van der Waals surface area (Å²) in [6, 6.07) is 4.05. The summed E-state index contributed by atoms with van der Waals surface area (Å²) in [5, 5.41) is 23.9. The van der Waals surface area contributed by atoms with E-state index in [2.05, 4.69) is 10.3 Å². The number of thiocarbonyl (C=S) groups is 1. The molecule has 128 valence electrons. The van der Waals surface area contributed by atoms with Gasteiger partial charge in [-0.1, -0.05) is 24.0 Å². The standard InChI is InChI=1S/C15H11N3O4S3/c19-9-2-1-8(10(20)6-9)5-11-13(22)18(15(23)25-11)7-12(21)17-14-16-3-4-24-14/h1-6,19-20H,7H2,(H,16,17,21)/b11-5-. The third-order valence-corrected chi connectivity index (χ3v) is 5.22. The van der Waals surface area contributed by atoms with E-state index in [4.69, 9.17) is 12.2 Å². The summed E-state index contributed by atoms with van der Waals surface area (Å²) in [6.07, 6.45) is 3.03. The van der Waals surface area contributed by atoms with Gasteiger partial charge in [-0.05, 0) is 18.2 Å². The second-order valence-electron chi connectivity index (χ2n) is 4.90. The Morgan fingerprint density at radius 2 is 2.20 bits per heavy atom. The molecule has 0 radical (unpaired) electrons. The van der Waals surface area contributed by atoms with Crippen LogP contribution in [0.25, 0.3) is 6.08 Å². The van der Waals surface area contributed by atoms with Crippen LogP contribution in [0, 0.1) is 0 Å². The lowest BCUT2D eigenvalue weighted by atomic mass is 10.1. The molecular formula is C15H11N3O4S3. The maximum Gasteiger partial charge on any atom is 0.266 e. The minimum atomic E-state index is -0.420. The molecule has 10 heteroatoms. The quantitative estimate of drug-likeness (QED) is 0.541. The highest BCUT2D eigenvalue weighted by atomic mass is 32.2. The van der Waals surface area contributed by atoms with E-state index < -0.39 is 11.8 Å². The number of rotatable bonds is 4. The summed E-state index contributed by atoms with van der Waals surface area (Å²) in [5.74, 6) is -1.07. The molecule has 1 aliphatic heterocycles. The number of carbonyl (C=O) groups is 2. The van der Waals surface area contributed by atoms with Gasteiger partial charge in [0.15, 0.2) is 5.13 Å². The van der Waals surface area contributed by atoms with Crippen LogP contribution in [0.15, 0.2) is 34.7 Å². The molecule has 3 N–H and O–H groups in total. The Balaban J connectivity index is 1.73. The summed E-state index contributed by atoms with van der Waals surface area (Å²) in [4.78, 5) is 29.9. The first kappa shape index (κ1) is 17.4. The fraction of sp³-hybridized carbons (Fsp3) is 0.0667. The SMILES string of the molecule is O=C(CN1C(=O)/C(=C/c2ccc(O)cc2O)SC1=S)Nc1nccs1. The van der Waals surface area contributed by atoms with Crippen molar-refractivity contribution in [3.8, 4) is 11.5 Å². The van der Waals surface area contributed by atoms with Gasteiger partial charge in [-0.2, -0.15) is 0 Å². The van der Waals surface area contributed by atoms with Crippen molar-refractivity contribution in [3.63, 3.8) is 0 Å². The van der Waals surface area contributed by atoms with E-state index in [0.717, 1.165) is 11.8 Å². The summed E-state index contributed by atoms with van der Waals surface area (Å²) in [6.45, 7) is -0.219. The highest BCUT2D eigenvalue weighted by Crippen LogP contribution is 2.34. The third-order valence-electron chi connectivity index (χ3n) is 3.15. The molecule has 1 aromatic carbocycles. The van der Waals surface area contributed by atoms with E-state index >= 15 is 0 Å². The van der Waals surface area contributed by atoms with E-state index in [1.807, 2.05) is 0 Å². The number of amides is 2. The van der Waals surface area contributed by atoms with Crippen molar-refractivity contribution >= 4 is 62.7 Å². The van der Waals surface area contributed by atoms with Crippen molar-refractivity contribution in [2.75, 3.05) is 11.9 Å². The first-order chi connectivity index (χ1) is 11.9. The maximum absolute atomic E-state index is 12.5. The Bertz CT molecular complexity index is 880. The van der Waals surface area contributed by atoms with Gasteiger partial charge in [0, 0.05) is 23.2 Å². The lowest BCUT2D eigenvalue weighted by Crippen LogP contribution is -2.36.